The molecule has 0 aliphatic rings. The van der Waals surface area contributed by atoms with Gasteiger partial charge >= 0.3 is 5.97 Å². The number of carbonyl (C=O) groups excluding carboxylic acids is 1. The van der Waals surface area contributed by atoms with Gasteiger partial charge in [-0.1, -0.05) is 0 Å². The van der Waals surface area contributed by atoms with Crippen LogP contribution in [0.15, 0.2) is 0 Å². The molecule has 6 heteroatoms. The molecule has 0 rings (SSSR count). The van der Waals surface area contributed by atoms with Crippen molar-refractivity contribution in [3.63, 3.8) is 0 Å². The van der Waals surface area contributed by atoms with Gasteiger partial charge in [0.25, 0.3) is 0 Å². The Morgan fingerprint density at radius 2 is 2.18 bits per heavy atom. The zero-order valence-electron chi connectivity index (χ0n) is 5.90. The minimum atomic E-state index is -1.15. The summed E-state index contributed by atoms with van der Waals surface area (Å²) in [6.07, 6.45) is 0. The normalized spacial score (nSPS) is 12.2. The van der Waals surface area contributed by atoms with E-state index in [1.54, 1.807) is 0 Å². The molecule has 0 radical (unpaired) electrons. The molecular weight excluding hydrogens is 170 g/mol. The van der Waals surface area contributed by atoms with Gasteiger partial charge in [-0.2, -0.15) is 0 Å². The van der Waals surface area contributed by atoms with E-state index in [1.165, 1.54) is 6.92 Å². The van der Waals surface area contributed by atoms with Crippen LogP contribution in [0.2, 0.25) is 0 Å². The van der Waals surface area contributed by atoms with Crippen molar-refractivity contribution < 1.29 is 19.2 Å². The molecule has 0 aromatic rings. The minimum absolute atomic E-state index is 0.0467. The lowest BCUT2D eigenvalue weighted by molar-refractivity contribution is -0.140. The predicted octanol–water partition coefficient (Wildman–Crippen LogP) is -0.218. The van der Waals surface area contributed by atoms with E-state index in [0.717, 1.165) is 0 Å². The molecule has 0 fully saturated rings. The van der Waals surface area contributed by atoms with E-state index in [9.17, 15) is 9.59 Å². The highest BCUT2D eigenvalue weighted by atomic mass is 32.2. The standard InChI is InChI=1S/C5H9NO4S/c1-3(7)6-4(2-11-10)5(8)9/h4,10H,2H2,1H3,(H,6,7)(H,8,9)/t4-/m1/s1. The van der Waals surface area contributed by atoms with Crippen molar-refractivity contribution in [3.05, 3.63) is 0 Å². The smallest absolute Gasteiger partial charge is 0.327 e. The average molecular weight is 179 g/mol. The number of carboxylic acids is 1. The Bertz CT molecular complexity index is 161. The highest BCUT2D eigenvalue weighted by Crippen LogP contribution is 1.96. The minimum Gasteiger partial charge on any atom is -0.480 e. The number of rotatable bonds is 4. The topological polar surface area (TPSA) is 86.6 Å². The van der Waals surface area contributed by atoms with Crippen LogP contribution in [0.5, 0.6) is 0 Å². The zero-order chi connectivity index (χ0) is 8.85. The molecule has 3 N–H and O–H groups in total. The van der Waals surface area contributed by atoms with E-state index >= 15 is 0 Å². The van der Waals surface area contributed by atoms with Gasteiger partial charge in [0.15, 0.2) is 0 Å². The fraction of sp³-hybridized carbons (Fsp3) is 0.600. The molecule has 0 bridgehead atoms. The van der Waals surface area contributed by atoms with Crippen LogP contribution >= 0.6 is 12.0 Å². The zero-order valence-corrected chi connectivity index (χ0v) is 6.72. The van der Waals surface area contributed by atoms with Crippen LogP contribution in [0.3, 0.4) is 0 Å². The molecule has 1 atom stereocenters. The number of nitrogens with one attached hydrogen (secondary N) is 1. The Morgan fingerprint density at radius 1 is 1.64 bits per heavy atom. The van der Waals surface area contributed by atoms with Gasteiger partial charge in [-0.25, -0.2) is 4.79 Å². The number of amides is 1. The van der Waals surface area contributed by atoms with Crippen molar-refractivity contribution in [3.8, 4) is 0 Å². The van der Waals surface area contributed by atoms with Gasteiger partial charge in [0, 0.05) is 6.92 Å². The highest BCUT2D eigenvalue weighted by molar-refractivity contribution is 7.93. The van der Waals surface area contributed by atoms with E-state index in [0.29, 0.717) is 12.0 Å². The van der Waals surface area contributed by atoms with E-state index in [-0.39, 0.29) is 5.75 Å². The van der Waals surface area contributed by atoms with Crippen molar-refractivity contribution in [1.82, 2.24) is 5.32 Å². The quantitative estimate of drug-likeness (QED) is 0.519. The number of hydrogen-bond donors (Lipinski definition) is 3. The monoisotopic (exact) mass is 179 g/mol. The molecule has 0 aromatic heterocycles. The Balaban J connectivity index is 3.89. The summed E-state index contributed by atoms with van der Waals surface area (Å²) in [4.78, 5) is 20.7. The lowest BCUT2D eigenvalue weighted by Crippen LogP contribution is -2.41. The second-order valence-electron chi connectivity index (χ2n) is 1.89. The lowest BCUT2D eigenvalue weighted by Gasteiger charge is -2.09. The number of aliphatic carboxylic acids is 1. The van der Waals surface area contributed by atoms with Crippen LogP contribution in [0.4, 0.5) is 0 Å². The van der Waals surface area contributed by atoms with Gasteiger partial charge in [-0.05, 0) is 12.0 Å². The lowest BCUT2D eigenvalue weighted by atomic mass is 10.3. The summed E-state index contributed by atoms with van der Waals surface area (Å²) in [5.41, 5.74) is 0. The maximum Gasteiger partial charge on any atom is 0.327 e. The average Bonchev–Trinajstić information content (AvgIpc) is 1.86. The third kappa shape index (κ3) is 4.63. The fourth-order valence-electron chi connectivity index (χ4n) is 0.495. The summed E-state index contributed by atoms with van der Waals surface area (Å²) < 4.78 is 8.30. The van der Waals surface area contributed by atoms with E-state index < -0.39 is 17.9 Å². The van der Waals surface area contributed by atoms with Gasteiger partial charge in [0.05, 0.1) is 5.75 Å². The largest absolute Gasteiger partial charge is 0.480 e. The van der Waals surface area contributed by atoms with E-state index in [2.05, 4.69) is 5.32 Å². The first-order chi connectivity index (χ1) is 5.07. The molecule has 1 amide bonds. The molecule has 11 heavy (non-hydrogen) atoms. The van der Waals surface area contributed by atoms with Gasteiger partial charge in [-0.3, -0.25) is 4.79 Å². The Kier molecular flexibility index (Phi) is 4.64. The maximum absolute atomic E-state index is 10.4. The molecule has 0 aromatic carbocycles. The number of hydrogen-bond acceptors (Lipinski definition) is 4. The molecule has 5 nitrogen and oxygen atoms in total. The van der Waals surface area contributed by atoms with Crippen molar-refractivity contribution in [2.45, 2.75) is 13.0 Å². The Morgan fingerprint density at radius 3 is 2.45 bits per heavy atom. The summed E-state index contributed by atoms with van der Waals surface area (Å²) in [5.74, 6) is -1.62. The molecule has 0 spiro atoms. The van der Waals surface area contributed by atoms with Crippen LogP contribution in [0.1, 0.15) is 6.92 Å². The molecule has 0 saturated heterocycles. The van der Waals surface area contributed by atoms with Gasteiger partial charge < -0.3 is 15.0 Å². The predicted molar refractivity (Wildman–Crippen MR) is 40.3 cm³/mol. The van der Waals surface area contributed by atoms with Crippen LogP contribution < -0.4 is 5.32 Å². The van der Waals surface area contributed by atoms with Crippen molar-refractivity contribution in [2.24, 2.45) is 0 Å². The summed E-state index contributed by atoms with van der Waals surface area (Å²) in [6, 6.07) is -1.01. The van der Waals surface area contributed by atoms with Gasteiger partial charge in [-0.15, -0.1) is 0 Å². The highest BCUT2D eigenvalue weighted by Gasteiger charge is 2.17. The summed E-state index contributed by atoms with van der Waals surface area (Å²) in [6.45, 7) is 1.22. The third-order valence-corrected chi connectivity index (χ3v) is 1.40. The first-order valence-corrected chi connectivity index (χ1v) is 3.78. The summed E-state index contributed by atoms with van der Waals surface area (Å²) >= 11 is 0.384. The van der Waals surface area contributed by atoms with Crippen molar-refractivity contribution in [1.29, 1.82) is 0 Å². The Labute approximate surface area is 68.0 Å². The molecule has 0 saturated carbocycles. The number of carboxylic acid groups (broad SMARTS) is 1. The molecule has 0 aliphatic carbocycles. The van der Waals surface area contributed by atoms with Crippen LogP contribution in [-0.4, -0.2) is 33.3 Å². The van der Waals surface area contributed by atoms with Crippen molar-refractivity contribution in [2.75, 3.05) is 5.75 Å². The molecule has 0 heterocycles. The first kappa shape index (κ1) is 10.2. The summed E-state index contributed by atoms with van der Waals surface area (Å²) in [5, 5.41) is 10.6. The summed E-state index contributed by atoms with van der Waals surface area (Å²) in [7, 11) is 0. The third-order valence-electron chi connectivity index (χ3n) is 0.917. The van der Waals surface area contributed by atoms with Crippen molar-refractivity contribution >= 4 is 23.9 Å². The van der Waals surface area contributed by atoms with Gasteiger partial charge in [0.2, 0.25) is 5.91 Å². The molecule has 64 valence electrons. The van der Waals surface area contributed by atoms with E-state index in [4.69, 9.17) is 9.66 Å². The SMILES string of the molecule is CC(=O)N[C@H](CSO)C(=O)O. The fourth-order valence-corrected chi connectivity index (χ4v) is 0.870. The van der Waals surface area contributed by atoms with E-state index in [1.807, 2.05) is 0 Å². The first-order valence-electron chi connectivity index (χ1n) is 2.84. The molecular formula is C5H9NO4S. The van der Waals surface area contributed by atoms with Crippen LogP contribution in [-0.2, 0) is 9.59 Å². The number of carbonyl (C=O) groups is 2. The molecule has 0 aliphatic heterocycles. The molecule has 0 unspecified atom stereocenters. The second kappa shape index (κ2) is 4.97. The second-order valence-corrected chi connectivity index (χ2v) is 2.48. The maximum atomic E-state index is 10.4. The van der Waals surface area contributed by atoms with Crippen LogP contribution in [0, 0.1) is 0 Å². The Hall–Kier alpha value is -0.750. The van der Waals surface area contributed by atoms with Crippen LogP contribution in [0.25, 0.3) is 0 Å². The van der Waals surface area contributed by atoms with Gasteiger partial charge in [0.1, 0.15) is 6.04 Å².